The van der Waals surface area contributed by atoms with Crippen LogP contribution in [0, 0.1) is 4.91 Å². The maximum atomic E-state index is 12.5. The van der Waals surface area contributed by atoms with Gasteiger partial charge < -0.3 is 15.5 Å². The summed E-state index contributed by atoms with van der Waals surface area (Å²) in [5.74, 6) is -0.169. The monoisotopic (exact) mass is 653 g/mol. The molecular weight excluding hydrogens is 572 g/mol. The molecule has 0 aliphatic heterocycles. The Kier molecular flexibility index (Phi) is 36.0. The van der Waals surface area contributed by atoms with Gasteiger partial charge >= 0.3 is 0 Å². The van der Waals surface area contributed by atoms with Crippen LogP contribution in [0.25, 0.3) is 0 Å². The van der Waals surface area contributed by atoms with Crippen molar-refractivity contribution in [3.63, 3.8) is 0 Å². The van der Waals surface area contributed by atoms with Crippen molar-refractivity contribution in [1.29, 1.82) is 0 Å². The van der Waals surface area contributed by atoms with E-state index in [4.69, 9.17) is 0 Å². The Labute approximate surface area is 286 Å². The zero-order valence-corrected chi connectivity index (χ0v) is 30.9. The summed E-state index contributed by atoms with van der Waals surface area (Å²) in [6.07, 6.45) is 39.8. The summed E-state index contributed by atoms with van der Waals surface area (Å²) in [4.78, 5) is 24.0. The maximum absolute atomic E-state index is 12.5. The topological polar surface area (TPSA) is 99.0 Å². The van der Waals surface area contributed by atoms with Gasteiger partial charge in [0.2, 0.25) is 5.91 Å². The normalized spacial score (nSPS) is 13.5. The number of amides is 1. The van der Waals surface area contributed by atoms with E-state index in [9.17, 15) is 19.9 Å². The minimum Gasteiger partial charge on any atom is -0.394 e. The highest BCUT2D eigenvalue weighted by atomic mass is 16.3. The van der Waals surface area contributed by atoms with E-state index in [-0.39, 0.29) is 5.91 Å². The Bertz CT molecular complexity index is 632. The molecule has 3 unspecified atom stereocenters. The molecule has 1 amide bonds. The quantitative estimate of drug-likeness (QED) is 0.0456. The third kappa shape index (κ3) is 30.3. The molecule has 6 heteroatoms. The molecule has 0 aromatic heterocycles. The van der Waals surface area contributed by atoms with Crippen LogP contribution in [0.4, 0.5) is 0 Å². The average Bonchev–Trinajstić information content (AvgIpc) is 3.06. The first-order valence-corrected chi connectivity index (χ1v) is 20.5. The number of nitrogens with zero attached hydrogens (tertiary/aromatic N) is 1. The van der Waals surface area contributed by atoms with Crippen molar-refractivity contribution >= 4 is 5.91 Å². The molecule has 46 heavy (non-hydrogen) atoms. The fourth-order valence-corrected chi connectivity index (χ4v) is 6.66. The third-order valence-corrected chi connectivity index (χ3v) is 9.83. The molecule has 0 aliphatic carbocycles. The van der Waals surface area contributed by atoms with Crippen molar-refractivity contribution in [3.8, 4) is 0 Å². The largest absolute Gasteiger partial charge is 0.394 e. The van der Waals surface area contributed by atoms with Crippen molar-refractivity contribution < 1.29 is 15.0 Å². The SMILES string of the molecule is CCCCCCCCCCCCCCCCCCCCCC(=O)NC(CO)C(N=O)C(O)CCCCCCCCCCCCCC. The summed E-state index contributed by atoms with van der Waals surface area (Å²) < 4.78 is 0. The predicted molar refractivity (Wildman–Crippen MR) is 198 cm³/mol. The van der Waals surface area contributed by atoms with E-state index in [1.165, 1.54) is 161 Å². The van der Waals surface area contributed by atoms with Crippen LogP contribution in [0.2, 0.25) is 0 Å². The van der Waals surface area contributed by atoms with Gasteiger partial charge in [-0.05, 0) is 12.8 Å². The Morgan fingerprint density at radius 3 is 1.13 bits per heavy atom. The standard InChI is InChI=1S/C40H80N2O4/c1-3-5-7-9-11-13-15-17-18-19-20-21-22-23-25-27-29-31-33-35-39(45)41-37(36-43)40(42-46)38(44)34-32-30-28-26-24-16-14-12-10-8-6-4-2/h37-38,40,43-44H,3-36H2,1-2H3,(H,41,45). The predicted octanol–water partition coefficient (Wildman–Crippen LogP) is 11.9. The molecule has 3 atom stereocenters. The third-order valence-electron chi connectivity index (χ3n) is 9.83. The van der Waals surface area contributed by atoms with Gasteiger partial charge in [-0.25, -0.2) is 0 Å². The van der Waals surface area contributed by atoms with Gasteiger partial charge in [0, 0.05) is 6.42 Å². The number of unbranched alkanes of at least 4 members (excludes halogenated alkanes) is 29. The summed E-state index contributed by atoms with van der Waals surface area (Å²) >= 11 is 0. The first-order chi connectivity index (χ1) is 22.6. The number of nitroso groups, excluding NO2 is 1. The molecule has 0 aromatic rings. The molecule has 6 nitrogen and oxygen atoms in total. The minimum atomic E-state index is -1.01. The highest BCUT2D eigenvalue weighted by Gasteiger charge is 2.30. The van der Waals surface area contributed by atoms with Gasteiger partial charge in [-0.3, -0.25) is 4.79 Å². The van der Waals surface area contributed by atoms with Gasteiger partial charge in [-0.1, -0.05) is 212 Å². The fraction of sp³-hybridized carbons (Fsp3) is 0.975. The number of rotatable bonds is 38. The molecule has 3 N–H and O–H groups in total. The maximum Gasteiger partial charge on any atom is 0.220 e. The smallest absolute Gasteiger partial charge is 0.220 e. The molecule has 0 spiro atoms. The van der Waals surface area contributed by atoms with Crippen molar-refractivity contribution in [1.82, 2.24) is 5.32 Å². The zero-order valence-electron chi connectivity index (χ0n) is 30.9. The van der Waals surface area contributed by atoms with E-state index in [0.29, 0.717) is 12.8 Å². The molecule has 0 saturated carbocycles. The lowest BCUT2D eigenvalue weighted by atomic mass is 9.97. The summed E-state index contributed by atoms with van der Waals surface area (Å²) in [5.41, 5.74) is 0. The number of carbonyl (C=O) groups is 1. The summed E-state index contributed by atoms with van der Waals surface area (Å²) in [5, 5.41) is 26.2. The first kappa shape index (κ1) is 45.0. The van der Waals surface area contributed by atoms with Gasteiger partial charge in [0.05, 0.1) is 18.8 Å². The first-order valence-electron chi connectivity index (χ1n) is 20.5. The van der Waals surface area contributed by atoms with Crippen molar-refractivity contribution in [2.24, 2.45) is 5.18 Å². The molecule has 0 radical (unpaired) electrons. The van der Waals surface area contributed by atoms with Gasteiger partial charge in [0.15, 0.2) is 0 Å². The lowest BCUT2D eigenvalue weighted by Gasteiger charge is -2.25. The van der Waals surface area contributed by atoms with Gasteiger partial charge in [0.25, 0.3) is 0 Å². The molecule has 0 aromatic carbocycles. The van der Waals surface area contributed by atoms with Crippen molar-refractivity contribution in [2.75, 3.05) is 6.61 Å². The number of carbonyl (C=O) groups excluding carboxylic acids is 1. The molecular formula is C40H80N2O4. The molecule has 0 saturated heterocycles. The fourth-order valence-electron chi connectivity index (χ4n) is 6.66. The van der Waals surface area contributed by atoms with E-state index in [1.54, 1.807) is 0 Å². The Morgan fingerprint density at radius 2 is 0.826 bits per heavy atom. The molecule has 0 rings (SSSR count). The van der Waals surface area contributed by atoms with Gasteiger partial charge in [0.1, 0.15) is 6.04 Å². The summed E-state index contributed by atoms with van der Waals surface area (Å²) in [6, 6.07) is -1.83. The van der Waals surface area contributed by atoms with Crippen molar-refractivity contribution in [3.05, 3.63) is 4.91 Å². The van der Waals surface area contributed by atoms with Crippen LogP contribution in [-0.4, -0.2) is 40.9 Å². The van der Waals surface area contributed by atoms with Crippen molar-refractivity contribution in [2.45, 2.75) is 244 Å². The van der Waals surface area contributed by atoms with Crippen LogP contribution in [-0.2, 0) is 4.79 Å². The Hall–Kier alpha value is -1.01. The minimum absolute atomic E-state index is 0.169. The lowest BCUT2D eigenvalue weighted by Crippen LogP contribution is -2.49. The molecule has 0 bridgehead atoms. The van der Waals surface area contributed by atoms with Crippen LogP contribution in [0.15, 0.2) is 5.18 Å². The number of hydrogen-bond donors (Lipinski definition) is 3. The van der Waals surface area contributed by atoms with Crippen LogP contribution in [0.1, 0.15) is 226 Å². The van der Waals surface area contributed by atoms with Crippen LogP contribution < -0.4 is 5.32 Å². The van der Waals surface area contributed by atoms with E-state index in [1.807, 2.05) is 0 Å². The number of nitrogens with one attached hydrogen (secondary N) is 1. The molecule has 274 valence electrons. The molecule has 0 fully saturated rings. The van der Waals surface area contributed by atoms with E-state index in [2.05, 4.69) is 24.3 Å². The summed E-state index contributed by atoms with van der Waals surface area (Å²) in [6.45, 7) is 4.14. The summed E-state index contributed by atoms with van der Waals surface area (Å²) in [7, 11) is 0. The van der Waals surface area contributed by atoms with Crippen LogP contribution in [0.3, 0.4) is 0 Å². The Balaban J connectivity index is 3.71. The second kappa shape index (κ2) is 36.8. The van der Waals surface area contributed by atoms with Gasteiger partial charge in [-0.2, -0.15) is 4.91 Å². The highest BCUT2D eigenvalue weighted by Crippen LogP contribution is 2.17. The zero-order chi connectivity index (χ0) is 33.8. The van der Waals surface area contributed by atoms with E-state index < -0.39 is 24.8 Å². The second-order valence-corrected chi connectivity index (χ2v) is 14.3. The van der Waals surface area contributed by atoms with Gasteiger partial charge in [-0.15, -0.1) is 0 Å². The number of aliphatic hydroxyl groups excluding tert-OH is 2. The second-order valence-electron chi connectivity index (χ2n) is 14.3. The molecule has 0 aliphatic rings. The van der Waals surface area contributed by atoms with E-state index >= 15 is 0 Å². The van der Waals surface area contributed by atoms with E-state index in [0.717, 1.165) is 38.5 Å². The van der Waals surface area contributed by atoms with Crippen LogP contribution in [0.5, 0.6) is 0 Å². The average molecular weight is 653 g/mol. The lowest BCUT2D eigenvalue weighted by molar-refractivity contribution is -0.122. The molecule has 0 heterocycles. The Morgan fingerprint density at radius 1 is 0.522 bits per heavy atom. The number of aliphatic hydroxyl groups is 2. The number of hydrogen-bond acceptors (Lipinski definition) is 5. The van der Waals surface area contributed by atoms with Crippen LogP contribution >= 0.6 is 0 Å². The highest BCUT2D eigenvalue weighted by molar-refractivity contribution is 5.76.